The molecule has 1 saturated heterocycles. The molecule has 0 amide bonds. The number of rotatable bonds is 1. The van der Waals surface area contributed by atoms with Crippen LogP contribution in [0.25, 0.3) is 0 Å². The fourth-order valence-electron chi connectivity index (χ4n) is 2.13. The molecule has 1 aliphatic heterocycles. The smallest absolute Gasteiger partial charge is 0.366 e. The highest BCUT2D eigenvalue weighted by Crippen LogP contribution is 2.37. The number of hydrogen-bond acceptors (Lipinski definition) is 2. The average molecular weight is 279 g/mol. The number of anilines is 1. The first-order valence-electron chi connectivity index (χ1n) is 5.73. The van der Waals surface area contributed by atoms with Crippen molar-refractivity contribution in [2.24, 2.45) is 0 Å². The van der Waals surface area contributed by atoms with E-state index in [-0.39, 0.29) is 11.1 Å². The molecule has 1 N–H and O–H groups in total. The Labute approximate surface area is 109 Å². The van der Waals surface area contributed by atoms with Gasteiger partial charge >= 0.3 is 6.18 Å². The molecule has 0 aliphatic carbocycles. The lowest BCUT2D eigenvalue weighted by Crippen LogP contribution is -2.50. The topological polar surface area (TPSA) is 15.3 Å². The van der Waals surface area contributed by atoms with Crippen LogP contribution in [-0.2, 0) is 6.18 Å². The number of alkyl halides is 3. The van der Waals surface area contributed by atoms with Crippen LogP contribution in [-0.4, -0.2) is 25.7 Å². The van der Waals surface area contributed by atoms with E-state index in [4.69, 9.17) is 11.6 Å². The zero-order chi connectivity index (χ0) is 13.3. The Bertz CT molecular complexity index is 434. The predicted octanol–water partition coefficient (Wildman–Crippen LogP) is 3.16. The summed E-state index contributed by atoms with van der Waals surface area (Å²) in [5.74, 6) is 0. The highest BCUT2D eigenvalue weighted by molar-refractivity contribution is 6.31. The molecule has 2 nitrogen and oxygen atoms in total. The molecular weight excluding hydrogens is 265 g/mol. The van der Waals surface area contributed by atoms with Crippen LogP contribution in [0.1, 0.15) is 12.5 Å². The van der Waals surface area contributed by atoms with E-state index in [1.54, 1.807) is 6.07 Å². The van der Waals surface area contributed by atoms with Crippen molar-refractivity contribution in [1.29, 1.82) is 0 Å². The van der Waals surface area contributed by atoms with Gasteiger partial charge in [-0.25, -0.2) is 0 Å². The van der Waals surface area contributed by atoms with Crippen molar-refractivity contribution in [3.8, 4) is 0 Å². The van der Waals surface area contributed by atoms with Gasteiger partial charge in [0.25, 0.3) is 0 Å². The molecule has 1 atom stereocenters. The highest BCUT2D eigenvalue weighted by Gasteiger charge is 2.34. The van der Waals surface area contributed by atoms with E-state index < -0.39 is 11.7 Å². The SMILES string of the molecule is C[C@@H]1CNCCN1c1ccc(Cl)c(C(F)(F)F)c1. The summed E-state index contributed by atoms with van der Waals surface area (Å²) in [4.78, 5) is 1.96. The molecule has 0 radical (unpaired) electrons. The molecule has 18 heavy (non-hydrogen) atoms. The zero-order valence-corrected chi connectivity index (χ0v) is 10.6. The molecule has 0 spiro atoms. The van der Waals surface area contributed by atoms with E-state index >= 15 is 0 Å². The summed E-state index contributed by atoms with van der Waals surface area (Å²) < 4.78 is 38.3. The quantitative estimate of drug-likeness (QED) is 0.849. The van der Waals surface area contributed by atoms with Crippen molar-refractivity contribution >= 4 is 17.3 Å². The van der Waals surface area contributed by atoms with Gasteiger partial charge in [-0.15, -0.1) is 0 Å². The minimum Gasteiger partial charge on any atom is -0.366 e. The van der Waals surface area contributed by atoms with Crippen molar-refractivity contribution in [1.82, 2.24) is 5.32 Å². The number of halogens is 4. The Morgan fingerprint density at radius 1 is 1.39 bits per heavy atom. The van der Waals surface area contributed by atoms with Gasteiger partial charge in [-0.1, -0.05) is 11.6 Å². The highest BCUT2D eigenvalue weighted by atomic mass is 35.5. The van der Waals surface area contributed by atoms with Crippen molar-refractivity contribution in [3.63, 3.8) is 0 Å². The minimum absolute atomic E-state index is 0.168. The number of piperazine rings is 1. The Morgan fingerprint density at radius 2 is 2.11 bits per heavy atom. The van der Waals surface area contributed by atoms with Gasteiger partial charge in [-0.3, -0.25) is 0 Å². The summed E-state index contributed by atoms with van der Waals surface area (Å²) in [5.41, 5.74) is -0.201. The first-order valence-corrected chi connectivity index (χ1v) is 6.11. The van der Waals surface area contributed by atoms with Crippen LogP contribution < -0.4 is 10.2 Å². The lowest BCUT2D eigenvalue weighted by Gasteiger charge is -2.36. The summed E-state index contributed by atoms with van der Waals surface area (Å²) in [6.45, 7) is 4.21. The molecule has 2 rings (SSSR count). The Morgan fingerprint density at radius 3 is 2.72 bits per heavy atom. The van der Waals surface area contributed by atoms with Crippen LogP contribution in [0.2, 0.25) is 5.02 Å². The molecule has 100 valence electrons. The second kappa shape index (κ2) is 4.97. The van der Waals surface area contributed by atoms with Crippen LogP contribution in [0.5, 0.6) is 0 Å². The van der Waals surface area contributed by atoms with Crippen molar-refractivity contribution in [3.05, 3.63) is 28.8 Å². The Hall–Kier alpha value is -0.940. The third-order valence-corrected chi connectivity index (χ3v) is 3.42. The van der Waals surface area contributed by atoms with Crippen molar-refractivity contribution < 1.29 is 13.2 Å². The normalized spacial score (nSPS) is 21.2. The molecule has 1 fully saturated rings. The molecule has 6 heteroatoms. The van der Waals surface area contributed by atoms with Crippen LogP contribution in [0.3, 0.4) is 0 Å². The fraction of sp³-hybridized carbons (Fsp3) is 0.500. The maximum absolute atomic E-state index is 12.8. The van der Waals surface area contributed by atoms with Crippen LogP contribution in [0, 0.1) is 0 Å². The van der Waals surface area contributed by atoms with E-state index in [1.165, 1.54) is 6.07 Å². The first kappa shape index (κ1) is 13.5. The third kappa shape index (κ3) is 2.72. The molecule has 0 unspecified atom stereocenters. The molecule has 1 aromatic carbocycles. The number of benzene rings is 1. The third-order valence-electron chi connectivity index (χ3n) is 3.09. The van der Waals surface area contributed by atoms with Gasteiger partial charge < -0.3 is 10.2 Å². The van der Waals surface area contributed by atoms with E-state index in [0.717, 1.165) is 19.2 Å². The monoisotopic (exact) mass is 278 g/mol. The molecule has 1 aliphatic rings. The molecule has 0 bridgehead atoms. The van der Waals surface area contributed by atoms with Gasteiger partial charge in [0, 0.05) is 31.4 Å². The van der Waals surface area contributed by atoms with Crippen LogP contribution in [0.15, 0.2) is 18.2 Å². The van der Waals surface area contributed by atoms with E-state index in [2.05, 4.69) is 5.32 Å². The Balaban J connectivity index is 2.34. The van der Waals surface area contributed by atoms with Gasteiger partial charge in [-0.2, -0.15) is 13.2 Å². The van der Waals surface area contributed by atoms with Gasteiger partial charge in [0.05, 0.1) is 10.6 Å². The van der Waals surface area contributed by atoms with Gasteiger partial charge in [0.15, 0.2) is 0 Å². The van der Waals surface area contributed by atoms with Gasteiger partial charge in [0.2, 0.25) is 0 Å². The Kier molecular flexibility index (Phi) is 3.73. The van der Waals surface area contributed by atoms with E-state index in [0.29, 0.717) is 12.2 Å². The van der Waals surface area contributed by atoms with Gasteiger partial charge in [-0.05, 0) is 25.1 Å². The lowest BCUT2D eigenvalue weighted by atomic mass is 10.1. The van der Waals surface area contributed by atoms with Crippen LogP contribution in [0.4, 0.5) is 18.9 Å². The summed E-state index contributed by atoms with van der Waals surface area (Å²) >= 11 is 5.61. The summed E-state index contributed by atoms with van der Waals surface area (Å²) in [6.07, 6.45) is -4.41. The predicted molar refractivity (Wildman–Crippen MR) is 66.1 cm³/mol. The minimum atomic E-state index is -4.41. The van der Waals surface area contributed by atoms with Crippen molar-refractivity contribution in [2.45, 2.75) is 19.1 Å². The fourth-order valence-corrected chi connectivity index (χ4v) is 2.36. The number of hydrogen-bond donors (Lipinski definition) is 1. The van der Waals surface area contributed by atoms with Crippen LogP contribution >= 0.6 is 11.6 Å². The first-order chi connectivity index (χ1) is 8.39. The molecular formula is C12H14ClF3N2. The van der Waals surface area contributed by atoms with E-state index in [9.17, 15) is 13.2 Å². The standard InChI is InChI=1S/C12H14ClF3N2/c1-8-7-17-4-5-18(8)9-2-3-11(13)10(6-9)12(14,15)16/h2-3,6,8,17H,4-5,7H2,1H3/t8-/m1/s1. The maximum atomic E-state index is 12.8. The maximum Gasteiger partial charge on any atom is 0.417 e. The van der Waals surface area contributed by atoms with E-state index in [1.807, 2.05) is 11.8 Å². The van der Waals surface area contributed by atoms with Crippen molar-refractivity contribution in [2.75, 3.05) is 24.5 Å². The summed E-state index contributed by atoms with van der Waals surface area (Å²) in [7, 11) is 0. The zero-order valence-electron chi connectivity index (χ0n) is 9.89. The molecule has 1 heterocycles. The van der Waals surface area contributed by atoms with Gasteiger partial charge in [0.1, 0.15) is 0 Å². The molecule has 0 aromatic heterocycles. The largest absolute Gasteiger partial charge is 0.417 e. The average Bonchev–Trinajstić information content (AvgIpc) is 2.29. The second-order valence-electron chi connectivity index (χ2n) is 4.41. The summed E-state index contributed by atoms with van der Waals surface area (Å²) in [5, 5.41) is 2.95. The molecule has 0 saturated carbocycles. The number of nitrogens with zero attached hydrogens (tertiary/aromatic N) is 1. The summed E-state index contributed by atoms with van der Waals surface area (Å²) in [6, 6.07) is 4.25. The molecule has 1 aromatic rings. The lowest BCUT2D eigenvalue weighted by molar-refractivity contribution is -0.137. The number of nitrogens with one attached hydrogen (secondary N) is 1. The second-order valence-corrected chi connectivity index (χ2v) is 4.82.